The van der Waals surface area contributed by atoms with Crippen molar-refractivity contribution in [1.29, 1.82) is 0 Å². The van der Waals surface area contributed by atoms with Gasteiger partial charge in [0.15, 0.2) is 0 Å². The number of thiophene rings is 1. The van der Waals surface area contributed by atoms with Crippen LogP contribution in [0.1, 0.15) is 32.1 Å². The van der Waals surface area contributed by atoms with E-state index < -0.39 is 10.0 Å². The van der Waals surface area contributed by atoms with E-state index in [-0.39, 0.29) is 11.8 Å². The van der Waals surface area contributed by atoms with Crippen LogP contribution in [0.25, 0.3) is 0 Å². The molecule has 0 radical (unpaired) electrons. The van der Waals surface area contributed by atoms with E-state index >= 15 is 0 Å². The lowest BCUT2D eigenvalue weighted by atomic mass is 9.97. The Morgan fingerprint density at radius 1 is 1.14 bits per heavy atom. The van der Waals surface area contributed by atoms with Crippen molar-refractivity contribution < 1.29 is 13.2 Å². The van der Waals surface area contributed by atoms with Gasteiger partial charge in [-0.05, 0) is 43.6 Å². The Kier molecular flexibility index (Phi) is 4.84. The molecule has 1 aromatic heterocycles. The molecule has 5 nitrogen and oxygen atoms in total. The van der Waals surface area contributed by atoms with Gasteiger partial charge in [0.05, 0.1) is 5.92 Å². The second kappa shape index (κ2) is 6.68. The summed E-state index contributed by atoms with van der Waals surface area (Å²) in [6.07, 6.45) is 4.87. The number of carbonyl (C=O) groups is 1. The standard InChI is InChI=1S/C15H22N2O3S2/c18-15(16-8-2-1-3-9-16)13-6-4-10-17(12-13)22(19,20)14-7-5-11-21-14/h5,7,11,13H,1-4,6,8-10,12H2/t13-/m1/s1. The van der Waals surface area contributed by atoms with Crippen molar-refractivity contribution >= 4 is 27.3 Å². The molecule has 2 saturated heterocycles. The molecule has 0 bridgehead atoms. The van der Waals surface area contributed by atoms with Gasteiger partial charge in [0.2, 0.25) is 5.91 Å². The Balaban J connectivity index is 1.70. The molecular weight excluding hydrogens is 320 g/mol. The molecule has 22 heavy (non-hydrogen) atoms. The van der Waals surface area contributed by atoms with E-state index in [1.54, 1.807) is 17.5 Å². The fourth-order valence-electron chi connectivity index (χ4n) is 3.27. The van der Waals surface area contributed by atoms with Gasteiger partial charge in [-0.2, -0.15) is 4.31 Å². The summed E-state index contributed by atoms with van der Waals surface area (Å²) in [7, 11) is -3.43. The summed E-state index contributed by atoms with van der Waals surface area (Å²) in [5.74, 6) is -0.0348. The van der Waals surface area contributed by atoms with Crippen molar-refractivity contribution in [3.63, 3.8) is 0 Å². The van der Waals surface area contributed by atoms with Crippen LogP contribution in [-0.4, -0.2) is 49.7 Å². The SMILES string of the molecule is O=C([C@@H]1CCCN(S(=O)(=O)c2cccs2)C1)N1CCCCC1. The average Bonchev–Trinajstić information content (AvgIpc) is 3.10. The minimum absolute atomic E-state index is 0.144. The normalized spacial score (nSPS) is 24.4. The van der Waals surface area contributed by atoms with Crippen molar-refractivity contribution in [2.45, 2.75) is 36.3 Å². The van der Waals surface area contributed by atoms with Crippen LogP contribution in [0.15, 0.2) is 21.7 Å². The molecule has 1 amide bonds. The van der Waals surface area contributed by atoms with Gasteiger partial charge in [-0.3, -0.25) is 4.79 Å². The molecular formula is C15H22N2O3S2. The highest BCUT2D eigenvalue weighted by Gasteiger charge is 2.35. The maximum Gasteiger partial charge on any atom is 0.252 e. The van der Waals surface area contributed by atoms with Crippen LogP contribution in [0.2, 0.25) is 0 Å². The maximum absolute atomic E-state index is 12.6. The summed E-state index contributed by atoms with van der Waals surface area (Å²) < 4.78 is 27.1. The zero-order valence-corrected chi connectivity index (χ0v) is 14.2. The van der Waals surface area contributed by atoms with Crippen LogP contribution in [0.3, 0.4) is 0 Å². The summed E-state index contributed by atoms with van der Waals surface area (Å²) in [6.45, 7) is 2.50. The predicted molar refractivity (Wildman–Crippen MR) is 86.2 cm³/mol. The first-order valence-corrected chi connectivity index (χ1v) is 10.2. The van der Waals surface area contributed by atoms with Crippen molar-refractivity contribution in [1.82, 2.24) is 9.21 Å². The lowest BCUT2D eigenvalue weighted by molar-refractivity contribution is -0.137. The van der Waals surface area contributed by atoms with Crippen LogP contribution >= 0.6 is 11.3 Å². The fourth-order valence-corrected chi connectivity index (χ4v) is 5.94. The lowest BCUT2D eigenvalue weighted by Crippen LogP contribution is -2.47. The van der Waals surface area contributed by atoms with Crippen LogP contribution in [-0.2, 0) is 14.8 Å². The van der Waals surface area contributed by atoms with E-state index in [2.05, 4.69) is 0 Å². The van der Waals surface area contributed by atoms with E-state index in [9.17, 15) is 13.2 Å². The Hall–Kier alpha value is -0.920. The van der Waals surface area contributed by atoms with Crippen LogP contribution < -0.4 is 0 Å². The number of carbonyl (C=O) groups excluding carboxylic acids is 1. The highest BCUT2D eigenvalue weighted by Crippen LogP contribution is 2.27. The molecule has 0 spiro atoms. The van der Waals surface area contributed by atoms with Gasteiger partial charge in [-0.25, -0.2) is 8.42 Å². The second-order valence-electron chi connectivity index (χ2n) is 6.02. The predicted octanol–water partition coefficient (Wildman–Crippen LogP) is 2.16. The van der Waals surface area contributed by atoms with Gasteiger partial charge in [-0.1, -0.05) is 6.07 Å². The van der Waals surface area contributed by atoms with E-state index in [1.807, 2.05) is 4.90 Å². The van der Waals surface area contributed by atoms with Gasteiger partial charge in [0.25, 0.3) is 10.0 Å². The third kappa shape index (κ3) is 3.21. The summed E-state index contributed by atoms with van der Waals surface area (Å²) >= 11 is 1.24. The molecule has 3 heterocycles. The molecule has 0 N–H and O–H groups in total. The Labute approximate surface area is 136 Å². The minimum atomic E-state index is -3.43. The summed E-state index contributed by atoms with van der Waals surface area (Å²) in [5.41, 5.74) is 0. The largest absolute Gasteiger partial charge is 0.342 e. The molecule has 0 aliphatic carbocycles. The van der Waals surface area contributed by atoms with Crippen LogP contribution in [0.4, 0.5) is 0 Å². The molecule has 7 heteroatoms. The van der Waals surface area contributed by atoms with E-state index in [0.717, 1.165) is 38.8 Å². The molecule has 0 unspecified atom stereocenters. The second-order valence-corrected chi connectivity index (χ2v) is 9.13. The first kappa shape index (κ1) is 16.0. The highest BCUT2D eigenvalue weighted by molar-refractivity contribution is 7.91. The minimum Gasteiger partial charge on any atom is -0.342 e. The zero-order chi connectivity index (χ0) is 15.6. The molecule has 1 aromatic rings. The van der Waals surface area contributed by atoms with Crippen LogP contribution in [0.5, 0.6) is 0 Å². The van der Waals surface area contributed by atoms with Crippen molar-refractivity contribution in [2.24, 2.45) is 5.92 Å². The smallest absolute Gasteiger partial charge is 0.252 e. The molecule has 1 atom stereocenters. The first-order chi connectivity index (χ1) is 10.6. The lowest BCUT2D eigenvalue weighted by Gasteiger charge is -2.35. The number of hydrogen-bond donors (Lipinski definition) is 0. The van der Waals surface area contributed by atoms with Crippen molar-refractivity contribution in [3.05, 3.63) is 17.5 Å². The van der Waals surface area contributed by atoms with Gasteiger partial charge in [0.1, 0.15) is 4.21 Å². The zero-order valence-electron chi connectivity index (χ0n) is 12.6. The Morgan fingerprint density at radius 2 is 1.91 bits per heavy atom. The monoisotopic (exact) mass is 342 g/mol. The van der Waals surface area contributed by atoms with Gasteiger partial charge >= 0.3 is 0 Å². The highest BCUT2D eigenvalue weighted by atomic mass is 32.2. The van der Waals surface area contributed by atoms with Crippen molar-refractivity contribution in [3.8, 4) is 0 Å². The average molecular weight is 342 g/mol. The third-order valence-corrected chi connectivity index (χ3v) is 7.73. The molecule has 2 fully saturated rings. The number of piperidine rings is 2. The number of rotatable bonds is 3. The fraction of sp³-hybridized carbons (Fsp3) is 0.667. The molecule has 122 valence electrons. The summed E-state index contributed by atoms with van der Waals surface area (Å²) in [4.78, 5) is 14.5. The summed E-state index contributed by atoms with van der Waals surface area (Å²) in [6, 6.07) is 3.38. The van der Waals surface area contributed by atoms with E-state index in [0.29, 0.717) is 17.3 Å². The number of likely N-dealkylation sites (tertiary alicyclic amines) is 1. The van der Waals surface area contributed by atoms with Gasteiger partial charge in [-0.15, -0.1) is 11.3 Å². The molecule has 0 saturated carbocycles. The molecule has 2 aliphatic rings. The topological polar surface area (TPSA) is 57.7 Å². The first-order valence-electron chi connectivity index (χ1n) is 7.91. The van der Waals surface area contributed by atoms with Crippen LogP contribution in [0, 0.1) is 5.92 Å². The molecule has 0 aromatic carbocycles. The quantitative estimate of drug-likeness (QED) is 0.846. The maximum atomic E-state index is 12.6. The van der Waals surface area contributed by atoms with Gasteiger partial charge < -0.3 is 4.90 Å². The third-order valence-electron chi connectivity index (χ3n) is 4.49. The van der Waals surface area contributed by atoms with Gasteiger partial charge in [0, 0.05) is 26.2 Å². The van der Waals surface area contributed by atoms with Crippen molar-refractivity contribution in [2.75, 3.05) is 26.2 Å². The summed E-state index contributed by atoms with van der Waals surface area (Å²) in [5, 5.41) is 1.77. The Bertz CT molecular complexity index is 607. The van der Waals surface area contributed by atoms with E-state index in [1.165, 1.54) is 22.1 Å². The van der Waals surface area contributed by atoms with E-state index in [4.69, 9.17) is 0 Å². The molecule has 3 rings (SSSR count). The number of hydrogen-bond acceptors (Lipinski definition) is 4. The number of amides is 1. The number of sulfonamides is 1. The Morgan fingerprint density at radius 3 is 2.59 bits per heavy atom. The number of nitrogens with zero attached hydrogens (tertiary/aromatic N) is 2. The molecule has 2 aliphatic heterocycles.